The fourth-order valence-corrected chi connectivity index (χ4v) is 3.26. The van der Waals surface area contributed by atoms with Gasteiger partial charge in [0, 0.05) is 5.56 Å². The summed E-state index contributed by atoms with van der Waals surface area (Å²) in [4.78, 5) is 4.41. The van der Waals surface area contributed by atoms with Gasteiger partial charge in [0.25, 0.3) is 0 Å². The predicted molar refractivity (Wildman–Crippen MR) is 123 cm³/mol. The van der Waals surface area contributed by atoms with Gasteiger partial charge < -0.3 is 4.74 Å². The summed E-state index contributed by atoms with van der Waals surface area (Å²) in [5.41, 5.74) is 3.21. The van der Waals surface area contributed by atoms with Gasteiger partial charge in [0.1, 0.15) is 11.4 Å². The summed E-state index contributed by atoms with van der Waals surface area (Å²) in [5, 5.41) is 0. The molecule has 0 fully saturated rings. The topological polar surface area (TPSA) is 22.1 Å². The molecule has 0 saturated heterocycles. The molecular weight excluding hydrogens is 354 g/mol. The molecule has 0 aliphatic heterocycles. The predicted octanol–water partition coefficient (Wildman–Crippen LogP) is 7.34. The fraction of sp³-hybridized carbons (Fsp3) is 0.519. The minimum atomic E-state index is 0.767. The van der Waals surface area contributed by atoms with E-state index >= 15 is 0 Å². The average Bonchev–Trinajstić information content (AvgIpc) is 2.76. The number of hydrogen-bond acceptors (Lipinski definition) is 2. The number of benzene rings is 1. The van der Waals surface area contributed by atoms with E-state index < -0.39 is 0 Å². The van der Waals surface area contributed by atoms with Crippen molar-refractivity contribution in [2.75, 3.05) is 6.61 Å². The lowest BCUT2D eigenvalue weighted by Crippen LogP contribution is -1.98. The minimum Gasteiger partial charge on any atom is -0.492 e. The van der Waals surface area contributed by atoms with Crippen LogP contribution in [0.3, 0.4) is 0 Å². The molecule has 1 heterocycles. The normalized spacial score (nSPS) is 10.4. The lowest BCUT2D eigenvalue weighted by molar-refractivity contribution is 0.303. The zero-order valence-corrected chi connectivity index (χ0v) is 18.4. The highest BCUT2D eigenvalue weighted by molar-refractivity contribution is 5.41. The van der Waals surface area contributed by atoms with Crippen LogP contribution >= 0.6 is 0 Å². The van der Waals surface area contributed by atoms with Gasteiger partial charge >= 0.3 is 0 Å². The van der Waals surface area contributed by atoms with Crippen LogP contribution in [-0.4, -0.2) is 11.6 Å². The van der Waals surface area contributed by atoms with Crippen LogP contribution in [0.15, 0.2) is 42.6 Å². The molecule has 1 aromatic carbocycles. The molecule has 2 heteroatoms. The third-order valence-corrected chi connectivity index (χ3v) is 5.11. The zero-order valence-electron chi connectivity index (χ0n) is 18.4. The molecule has 0 bridgehead atoms. The molecule has 0 amide bonds. The third-order valence-electron chi connectivity index (χ3n) is 5.11. The number of aryl methyl sites for hydroxylation is 1. The molecular formula is C27H37NO. The number of rotatable bonds is 13. The number of pyridine rings is 1. The highest BCUT2D eigenvalue weighted by atomic mass is 16.5. The van der Waals surface area contributed by atoms with E-state index in [1.807, 2.05) is 12.1 Å². The smallest absolute Gasteiger partial charge is 0.137 e. The van der Waals surface area contributed by atoms with Gasteiger partial charge in [-0.25, -0.2) is 4.98 Å². The van der Waals surface area contributed by atoms with Crippen LogP contribution in [0, 0.1) is 11.8 Å². The number of ether oxygens (including phenoxy) is 1. The number of hydrogen-bond donors (Lipinski definition) is 0. The Kier molecular flexibility index (Phi) is 11.7. The molecule has 0 aliphatic rings. The van der Waals surface area contributed by atoms with E-state index in [2.05, 4.69) is 54.9 Å². The Labute approximate surface area is 178 Å². The van der Waals surface area contributed by atoms with E-state index in [1.54, 1.807) is 6.20 Å². The standard InChI is InChI=1S/C27H37NO/c1-3-5-7-9-10-12-22-29-27-21-20-26(28-23-27)19-18-25-16-14-24(15-17-25)13-11-8-6-4-2/h14-17,20-21,23H,3-13,22H2,1-2H3. The van der Waals surface area contributed by atoms with Gasteiger partial charge in [0.2, 0.25) is 0 Å². The summed E-state index contributed by atoms with van der Waals surface area (Å²) in [6.07, 6.45) is 15.8. The summed E-state index contributed by atoms with van der Waals surface area (Å²) >= 11 is 0. The van der Waals surface area contributed by atoms with Crippen LogP contribution in [0.5, 0.6) is 5.75 Å². The quantitative estimate of drug-likeness (QED) is 0.263. The molecule has 0 spiro atoms. The Morgan fingerprint density at radius 2 is 1.41 bits per heavy atom. The Balaban J connectivity index is 1.72. The number of nitrogens with zero attached hydrogens (tertiary/aromatic N) is 1. The van der Waals surface area contributed by atoms with E-state index in [-0.39, 0.29) is 0 Å². The molecule has 2 rings (SSSR count). The monoisotopic (exact) mass is 391 g/mol. The van der Waals surface area contributed by atoms with Crippen molar-refractivity contribution < 1.29 is 4.74 Å². The maximum absolute atomic E-state index is 5.78. The van der Waals surface area contributed by atoms with Gasteiger partial charge in [0.05, 0.1) is 12.8 Å². The first-order valence-corrected chi connectivity index (χ1v) is 11.5. The molecule has 0 saturated carbocycles. The fourth-order valence-electron chi connectivity index (χ4n) is 3.26. The molecule has 0 unspecified atom stereocenters. The summed E-state index contributed by atoms with van der Waals surface area (Å²) in [6.45, 7) is 5.26. The molecule has 0 atom stereocenters. The Bertz CT molecular complexity index is 722. The molecule has 0 N–H and O–H groups in total. The van der Waals surface area contributed by atoms with E-state index in [1.165, 1.54) is 63.4 Å². The van der Waals surface area contributed by atoms with E-state index in [9.17, 15) is 0 Å². The van der Waals surface area contributed by atoms with Crippen molar-refractivity contribution in [1.82, 2.24) is 4.98 Å². The van der Waals surface area contributed by atoms with Crippen molar-refractivity contribution in [2.24, 2.45) is 0 Å². The van der Waals surface area contributed by atoms with Crippen molar-refractivity contribution in [2.45, 2.75) is 84.5 Å². The van der Waals surface area contributed by atoms with Crippen LogP contribution in [0.25, 0.3) is 0 Å². The first-order chi connectivity index (χ1) is 14.3. The van der Waals surface area contributed by atoms with Crippen LogP contribution < -0.4 is 4.74 Å². The number of unbranched alkanes of at least 4 members (excludes halogenated alkanes) is 8. The summed E-state index contributed by atoms with van der Waals surface area (Å²) < 4.78 is 5.78. The lowest BCUT2D eigenvalue weighted by Gasteiger charge is -2.05. The van der Waals surface area contributed by atoms with Crippen molar-refractivity contribution in [3.05, 3.63) is 59.4 Å². The van der Waals surface area contributed by atoms with Crippen LogP contribution in [0.1, 0.15) is 94.9 Å². The molecule has 29 heavy (non-hydrogen) atoms. The number of aromatic nitrogens is 1. The summed E-state index contributed by atoms with van der Waals surface area (Å²) in [5.74, 6) is 7.18. The average molecular weight is 392 g/mol. The van der Waals surface area contributed by atoms with Crippen molar-refractivity contribution >= 4 is 0 Å². The van der Waals surface area contributed by atoms with E-state index in [4.69, 9.17) is 4.74 Å². The Morgan fingerprint density at radius 3 is 2.10 bits per heavy atom. The third kappa shape index (κ3) is 10.2. The molecule has 0 radical (unpaired) electrons. The van der Waals surface area contributed by atoms with Gasteiger partial charge in [-0.2, -0.15) is 0 Å². The molecule has 1 aromatic heterocycles. The second kappa shape index (κ2) is 14.7. The van der Waals surface area contributed by atoms with Crippen molar-refractivity contribution in [3.8, 4) is 17.6 Å². The largest absolute Gasteiger partial charge is 0.492 e. The van der Waals surface area contributed by atoms with Gasteiger partial charge in [0.15, 0.2) is 0 Å². The second-order valence-electron chi connectivity index (χ2n) is 7.75. The first kappa shape index (κ1) is 23.0. The maximum atomic E-state index is 5.78. The summed E-state index contributed by atoms with van der Waals surface area (Å²) in [7, 11) is 0. The molecule has 2 aromatic rings. The Hall–Kier alpha value is -2.27. The maximum Gasteiger partial charge on any atom is 0.137 e. The SMILES string of the molecule is CCCCCCCCOc1ccc(C#Cc2ccc(CCCCCC)cc2)nc1. The van der Waals surface area contributed by atoms with Crippen molar-refractivity contribution in [3.63, 3.8) is 0 Å². The van der Waals surface area contributed by atoms with Crippen LogP contribution in [-0.2, 0) is 6.42 Å². The second-order valence-corrected chi connectivity index (χ2v) is 7.75. The molecule has 156 valence electrons. The molecule has 2 nitrogen and oxygen atoms in total. The minimum absolute atomic E-state index is 0.767. The van der Waals surface area contributed by atoms with Gasteiger partial charge in [-0.1, -0.05) is 83.3 Å². The van der Waals surface area contributed by atoms with Gasteiger partial charge in [-0.15, -0.1) is 0 Å². The Morgan fingerprint density at radius 1 is 0.724 bits per heavy atom. The van der Waals surface area contributed by atoms with E-state index in [0.717, 1.165) is 36.5 Å². The van der Waals surface area contributed by atoms with Gasteiger partial charge in [-0.3, -0.25) is 0 Å². The van der Waals surface area contributed by atoms with Gasteiger partial charge in [-0.05, 0) is 55.0 Å². The van der Waals surface area contributed by atoms with Crippen LogP contribution in [0.2, 0.25) is 0 Å². The first-order valence-electron chi connectivity index (χ1n) is 11.5. The van der Waals surface area contributed by atoms with Crippen LogP contribution in [0.4, 0.5) is 0 Å². The zero-order chi connectivity index (χ0) is 20.6. The van der Waals surface area contributed by atoms with E-state index in [0.29, 0.717) is 0 Å². The lowest BCUT2D eigenvalue weighted by atomic mass is 10.0. The highest BCUT2D eigenvalue weighted by Crippen LogP contribution is 2.12. The highest BCUT2D eigenvalue weighted by Gasteiger charge is 1.97. The van der Waals surface area contributed by atoms with Crippen molar-refractivity contribution in [1.29, 1.82) is 0 Å². The summed E-state index contributed by atoms with van der Waals surface area (Å²) in [6, 6.07) is 12.5. The molecule has 0 aliphatic carbocycles.